The maximum atomic E-state index is 12.7. The maximum Gasteiger partial charge on any atom is 0.306 e. The molecule has 1 fully saturated rings. The van der Waals surface area contributed by atoms with Gasteiger partial charge in [-0.3, -0.25) is 4.79 Å². The number of hydrogen-bond donors (Lipinski definition) is 0. The Kier molecular flexibility index (Phi) is 13.2. The molecule has 7 nitrogen and oxygen atoms in total. The lowest BCUT2D eigenvalue weighted by atomic mass is 9.98. The summed E-state index contributed by atoms with van der Waals surface area (Å²) in [5.74, 6) is -0.527. The zero-order valence-electron chi connectivity index (χ0n) is 26.9. The van der Waals surface area contributed by atoms with Gasteiger partial charge in [-0.15, -0.1) is 0 Å². The van der Waals surface area contributed by atoms with E-state index in [1.54, 1.807) is 11.8 Å². The number of ketones is 1. The minimum Gasteiger partial charge on any atom is -0.463 e. The first-order valence-corrected chi connectivity index (χ1v) is 16.8. The fourth-order valence-electron chi connectivity index (χ4n) is 5.31. The molecule has 47 heavy (non-hydrogen) atoms. The summed E-state index contributed by atoms with van der Waals surface area (Å²) in [5, 5.41) is 0. The number of benzene rings is 4. The normalized spacial score (nSPS) is 20.9. The first-order chi connectivity index (χ1) is 23.0. The minimum atomic E-state index is -0.668. The van der Waals surface area contributed by atoms with Crippen molar-refractivity contribution in [2.45, 2.75) is 81.3 Å². The van der Waals surface area contributed by atoms with Crippen LogP contribution in [0.2, 0.25) is 0 Å². The Morgan fingerprint density at radius 2 is 1.13 bits per heavy atom. The predicted octanol–water partition coefficient (Wildman–Crippen LogP) is 7.48. The number of aryl methyl sites for hydroxylation is 1. The van der Waals surface area contributed by atoms with Crippen LogP contribution in [0.5, 0.6) is 0 Å². The predicted molar refractivity (Wildman–Crippen MR) is 182 cm³/mol. The molecule has 5 atom stereocenters. The van der Waals surface area contributed by atoms with E-state index in [2.05, 4.69) is 19.1 Å². The molecule has 0 aliphatic carbocycles. The van der Waals surface area contributed by atoms with E-state index in [1.807, 2.05) is 103 Å². The number of hydrogen-bond acceptors (Lipinski definition) is 8. The first kappa shape index (κ1) is 34.5. The van der Waals surface area contributed by atoms with Crippen LogP contribution in [0.15, 0.2) is 120 Å². The van der Waals surface area contributed by atoms with Crippen molar-refractivity contribution in [1.29, 1.82) is 0 Å². The average Bonchev–Trinajstić information content (AvgIpc) is 3.10. The van der Waals surface area contributed by atoms with Crippen molar-refractivity contribution in [3.8, 4) is 0 Å². The summed E-state index contributed by atoms with van der Waals surface area (Å²) < 4.78 is 32.6. The molecule has 246 valence electrons. The molecule has 1 aliphatic rings. The van der Waals surface area contributed by atoms with Gasteiger partial charge >= 0.3 is 5.97 Å². The Morgan fingerprint density at radius 1 is 0.638 bits per heavy atom. The van der Waals surface area contributed by atoms with Crippen molar-refractivity contribution in [2.75, 3.05) is 6.61 Å². The number of Topliss-reactive ketones (excluding diaryl/α,β-unsaturated/α-hetero) is 1. The summed E-state index contributed by atoms with van der Waals surface area (Å²) >= 11 is 1.56. The smallest absolute Gasteiger partial charge is 0.306 e. The zero-order valence-corrected chi connectivity index (χ0v) is 27.7. The van der Waals surface area contributed by atoms with Crippen molar-refractivity contribution >= 4 is 23.5 Å². The van der Waals surface area contributed by atoms with Gasteiger partial charge in [-0.1, -0.05) is 121 Å². The van der Waals surface area contributed by atoms with Crippen LogP contribution in [0.25, 0.3) is 0 Å². The van der Waals surface area contributed by atoms with Crippen molar-refractivity contribution in [1.82, 2.24) is 0 Å². The van der Waals surface area contributed by atoms with Gasteiger partial charge in [-0.05, 0) is 42.2 Å². The fraction of sp³-hybridized carbons (Fsp3) is 0.333. The van der Waals surface area contributed by atoms with Gasteiger partial charge < -0.3 is 28.5 Å². The van der Waals surface area contributed by atoms with Gasteiger partial charge in [0.15, 0.2) is 0 Å². The highest BCUT2D eigenvalue weighted by Gasteiger charge is 2.49. The number of ether oxygens (including phenoxy) is 5. The van der Waals surface area contributed by atoms with Crippen molar-refractivity contribution in [2.24, 2.45) is 0 Å². The van der Waals surface area contributed by atoms with Crippen LogP contribution in [-0.2, 0) is 53.1 Å². The van der Waals surface area contributed by atoms with E-state index >= 15 is 0 Å². The van der Waals surface area contributed by atoms with Crippen LogP contribution in [0.1, 0.15) is 42.0 Å². The molecule has 1 aliphatic heterocycles. The van der Waals surface area contributed by atoms with E-state index in [0.717, 1.165) is 27.1 Å². The monoisotopic (exact) mass is 654 g/mol. The number of esters is 1. The lowest BCUT2D eigenvalue weighted by Crippen LogP contribution is -2.60. The van der Waals surface area contributed by atoms with E-state index in [9.17, 15) is 9.59 Å². The minimum absolute atomic E-state index is 0.00965. The Labute approximate surface area is 281 Å². The van der Waals surface area contributed by atoms with Crippen LogP contribution >= 0.6 is 11.8 Å². The first-order valence-electron chi connectivity index (χ1n) is 16.0. The molecule has 4 aromatic rings. The summed E-state index contributed by atoms with van der Waals surface area (Å²) in [6.45, 7) is 4.44. The lowest BCUT2D eigenvalue weighted by Gasteiger charge is -2.46. The summed E-state index contributed by atoms with van der Waals surface area (Å²) in [6, 6.07) is 38.0. The Bertz CT molecular complexity index is 1530. The van der Waals surface area contributed by atoms with E-state index in [4.69, 9.17) is 23.7 Å². The van der Waals surface area contributed by atoms with E-state index in [1.165, 1.54) is 6.92 Å². The van der Waals surface area contributed by atoms with Crippen LogP contribution in [-0.4, -0.2) is 48.2 Å². The standard InChI is InChI=1S/C39H42O7S/c1-28-14-12-13-21-34(28)47-39-38(45-26-32-19-10-5-11-20-32)37(44-25-31-17-8-4-9-18-31)36(43-24-30-15-6-3-7-16-30)33(46-39)27-42-35(41)23-22-29(2)40/h3-21,33,36-39H,22-27H2,1-2H3/t33-,36+,37+,38-,39+/m1/s1. The highest BCUT2D eigenvalue weighted by Crippen LogP contribution is 2.39. The van der Waals surface area contributed by atoms with Gasteiger partial charge in [0.05, 0.1) is 26.2 Å². The largest absolute Gasteiger partial charge is 0.463 e. The van der Waals surface area contributed by atoms with E-state index < -0.39 is 35.8 Å². The number of carbonyl (C=O) groups excluding carboxylic acids is 2. The fourth-order valence-corrected chi connectivity index (χ4v) is 6.54. The average molecular weight is 655 g/mol. The third-order valence-corrected chi connectivity index (χ3v) is 9.20. The van der Waals surface area contributed by atoms with Gasteiger partial charge in [0.2, 0.25) is 0 Å². The van der Waals surface area contributed by atoms with Crippen LogP contribution in [0.4, 0.5) is 0 Å². The highest BCUT2D eigenvalue weighted by atomic mass is 32.2. The van der Waals surface area contributed by atoms with Crippen LogP contribution in [0.3, 0.4) is 0 Å². The molecule has 1 heterocycles. The molecular formula is C39H42O7S. The third-order valence-electron chi connectivity index (χ3n) is 7.87. The summed E-state index contributed by atoms with van der Waals surface area (Å²) in [4.78, 5) is 25.2. The molecule has 0 radical (unpaired) electrons. The van der Waals surface area contributed by atoms with Gasteiger partial charge in [0, 0.05) is 11.3 Å². The molecular weight excluding hydrogens is 612 g/mol. The molecule has 0 N–H and O–H groups in total. The Balaban J connectivity index is 1.48. The summed E-state index contributed by atoms with van der Waals surface area (Å²) in [7, 11) is 0. The van der Waals surface area contributed by atoms with Gasteiger partial charge in [0.1, 0.15) is 42.2 Å². The zero-order chi connectivity index (χ0) is 32.8. The third kappa shape index (κ3) is 10.6. The van der Waals surface area contributed by atoms with E-state index in [-0.39, 0.29) is 25.2 Å². The number of rotatable bonds is 16. The van der Waals surface area contributed by atoms with Gasteiger partial charge in [-0.25, -0.2) is 0 Å². The number of thioether (sulfide) groups is 1. The SMILES string of the molecule is CC(=O)CCC(=O)OC[C@H]1O[C@@H](Sc2ccccc2C)[C@H](OCc2ccccc2)[C@@H](OCc2ccccc2)[C@H]1OCc1ccccc1. The molecule has 0 unspecified atom stereocenters. The second kappa shape index (κ2) is 17.9. The second-order valence-electron chi connectivity index (χ2n) is 11.6. The molecule has 0 saturated carbocycles. The van der Waals surface area contributed by atoms with Crippen molar-refractivity contribution < 1.29 is 33.3 Å². The Morgan fingerprint density at radius 3 is 1.66 bits per heavy atom. The molecule has 0 spiro atoms. The van der Waals surface area contributed by atoms with Gasteiger partial charge in [0.25, 0.3) is 0 Å². The summed E-state index contributed by atoms with van der Waals surface area (Å²) in [6.07, 6.45) is -2.31. The maximum absolute atomic E-state index is 12.7. The molecule has 1 saturated heterocycles. The summed E-state index contributed by atoms with van der Waals surface area (Å²) in [5.41, 5.74) is 3.62. The van der Waals surface area contributed by atoms with Crippen molar-refractivity contribution in [3.63, 3.8) is 0 Å². The van der Waals surface area contributed by atoms with E-state index in [0.29, 0.717) is 19.8 Å². The van der Waals surface area contributed by atoms with Crippen LogP contribution < -0.4 is 0 Å². The quantitative estimate of drug-likeness (QED) is 0.115. The van der Waals surface area contributed by atoms with Gasteiger partial charge in [-0.2, -0.15) is 0 Å². The van der Waals surface area contributed by atoms with Crippen LogP contribution in [0, 0.1) is 6.92 Å². The van der Waals surface area contributed by atoms with Crippen molar-refractivity contribution in [3.05, 3.63) is 138 Å². The molecule has 0 aromatic heterocycles. The molecule has 4 aromatic carbocycles. The number of carbonyl (C=O) groups is 2. The molecule has 5 rings (SSSR count). The topological polar surface area (TPSA) is 80.3 Å². The molecule has 0 amide bonds. The Hall–Kier alpha value is -3.79. The molecule has 8 heteroatoms. The molecule has 0 bridgehead atoms. The second-order valence-corrected chi connectivity index (χ2v) is 12.7. The highest BCUT2D eigenvalue weighted by molar-refractivity contribution is 7.99. The lowest BCUT2D eigenvalue weighted by molar-refractivity contribution is -0.253.